The van der Waals surface area contributed by atoms with Crippen LogP contribution in [-0.2, 0) is 11.3 Å². The van der Waals surface area contributed by atoms with Gasteiger partial charge >= 0.3 is 0 Å². The number of fused-ring (bicyclic) bond motifs is 1. The van der Waals surface area contributed by atoms with Crippen LogP contribution in [0.2, 0.25) is 0 Å². The third kappa shape index (κ3) is 4.09. The zero-order chi connectivity index (χ0) is 18.1. The van der Waals surface area contributed by atoms with E-state index in [4.69, 9.17) is 0 Å². The largest absolute Gasteiger partial charge is 0.351 e. The van der Waals surface area contributed by atoms with Crippen molar-refractivity contribution in [2.45, 2.75) is 24.9 Å². The summed E-state index contributed by atoms with van der Waals surface area (Å²) in [5, 5.41) is 5.26. The summed E-state index contributed by atoms with van der Waals surface area (Å²) in [6.45, 7) is -0.147. The minimum absolute atomic E-state index is 0. The summed E-state index contributed by atoms with van der Waals surface area (Å²) in [5.41, 5.74) is 3.80. The van der Waals surface area contributed by atoms with Crippen LogP contribution in [0.5, 0.6) is 0 Å². The Hall–Kier alpha value is -2.51. The van der Waals surface area contributed by atoms with E-state index in [1.807, 2.05) is 53.1 Å². The summed E-state index contributed by atoms with van der Waals surface area (Å²) < 4.78 is 28.3. The summed E-state index contributed by atoms with van der Waals surface area (Å²) in [5.74, 6) is -3.20. The highest BCUT2D eigenvalue weighted by atomic mass is 35.5. The van der Waals surface area contributed by atoms with Gasteiger partial charge in [0, 0.05) is 18.7 Å². The highest BCUT2D eigenvalue weighted by molar-refractivity contribution is 5.85. The first kappa shape index (κ1) is 19.3. The molecule has 2 aromatic carbocycles. The normalized spacial score (nSPS) is 18.2. The summed E-state index contributed by atoms with van der Waals surface area (Å²) in [4.78, 5) is 16.4. The monoisotopic (exact) mass is 392 g/mol. The highest BCUT2D eigenvalue weighted by Gasteiger charge is 2.42. The van der Waals surface area contributed by atoms with Crippen molar-refractivity contribution in [3.63, 3.8) is 0 Å². The summed E-state index contributed by atoms with van der Waals surface area (Å²) in [6, 6.07) is 14.7. The maximum Gasteiger partial charge on any atom is 0.262 e. The molecule has 2 heterocycles. The maximum absolute atomic E-state index is 13.2. The number of aromatic nitrogens is 2. The van der Waals surface area contributed by atoms with Crippen LogP contribution in [-0.4, -0.2) is 34.0 Å². The van der Waals surface area contributed by atoms with Gasteiger partial charge in [0.25, 0.3) is 5.92 Å². The molecule has 1 atom stereocenters. The van der Waals surface area contributed by atoms with Gasteiger partial charge in [-0.05, 0) is 29.8 Å². The van der Waals surface area contributed by atoms with Crippen molar-refractivity contribution in [3.8, 4) is 5.69 Å². The molecule has 2 N–H and O–H groups in total. The van der Waals surface area contributed by atoms with Gasteiger partial charge in [-0.1, -0.05) is 24.3 Å². The molecule has 0 aliphatic carbocycles. The van der Waals surface area contributed by atoms with Gasteiger partial charge in [-0.2, -0.15) is 0 Å². The van der Waals surface area contributed by atoms with Gasteiger partial charge in [0.1, 0.15) is 6.33 Å². The number of hydrogen-bond donors (Lipinski definition) is 2. The predicted molar refractivity (Wildman–Crippen MR) is 102 cm³/mol. The van der Waals surface area contributed by atoms with Crippen molar-refractivity contribution in [2.24, 2.45) is 0 Å². The second kappa shape index (κ2) is 7.62. The lowest BCUT2D eigenvalue weighted by molar-refractivity contribution is -0.123. The first-order chi connectivity index (χ1) is 12.5. The number of nitrogens with one attached hydrogen (secondary N) is 2. The molecule has 1 aliphatic heterocycles. The number of nitrogens with zero attached hydrogens (tertiary/aromatic N) is 2. The number of para-hydroxylation sites is 2. The third-order valence-electron chi connectivity index (χ3n) is 4.56. The SMILES string of the molecule is Cl.O=C(NCc1ccc(-n2cnc3ccccc32)cc1)C1CC(F)(F)CN1. The van der Waals surface area contributed by atoms with Crippen molar-refractivity contribution >= 4 is 29.3 Å². The first-order valence-electron chi connectivity index (χ1n) is 8.42. The smallest absolute Gasteiger partial charge is 0.262 e. The number of amides is 1. The molecule has 3 aromatic rings. The van der Waals surface area contributed by atoms with Crippen LogP contribution in [0.4, 0.5) is 8.78 Å². The molecule has 8 heteroatoms. The van der Waals surface area contributed by atoms with Gasteiger partial charge in [-0.15, -0.1) is 12.4 Å². The Kier molecular flexibility index (Phi) is 5.43. The number of imidazole rings is 1. The minimum Gasteiger partial charge on any atom is -0.351 e. The van der Waals surface area contributed by atoms with Gasteiger partial charge < -0.3 is 5.32 Å². The Morgan fingerprint density at radius 2 is 1.96 bits per heavy atom. The first-order valence-corrected chi connectivity index (χ1v) is 8.42. The van der Waals surface area contributed by atoms with Crippen molar-refractivity contribution in [3.05, 3.63) is 60.4 Å². The molecule has 5 nitrogen and oxygen atoms in total. The molecule has 1 aromatic heterocycles. The highest BCUT2D eigenvalue weighted by Crippen LogP contribution is 2.25. The zero-order valence-electron chi connectivity index (χ0n) is 14.4. The molecule has 1 aliphatic rings. The second-order valence-electron chi connectivity index (χ2n) is 6.48. The van der Waals surface area contributed by atoms with Crippen LogP contribution in [0.25, 0.3) is 16.7 Å². The molecule has 0 spiro atoms. The van der Waals surface area contributed by atoms with E-state index < -0.39 is 30.8 Å². The Bertz CT molecular complexity index is 942. The fraction of sp³-hybridized carbons (Fsp3) is 0.263. The molecule has 0 bridgehead atoms. The van der Waals surface area contributed by atoms with E-state index in [9.17, 15) is 13.6 Å². The third-order valence-corrected chi connectivity index (χ3v) is 4.56. The van der Waals surface area contributed by atoms with E-state index in [1.165, 1.54) is 0 Å². The van der Waals surface area contributed by atoms with E-state index >= 15 is 0 Å². The maximum atomic E-state index is 13.2. The Balaban J connectivity index is 0.00000210. The van der Waals surface area contributed by atoms with Crippen molar-refractivity contribution in [1.29, 1.82) is 0 Å². The molecule has 1 fully saturated rings. The van der Waals surface area contributed by atoms with Crippen LogP contribution in [0.1, 0.15) is 12.0 Å². The molecular weight excluding hydrogens is 374 g/mol. The lowest BCUT2D eigenvalue weighted by atomic mass is 10.1. The summed E-state index contributed by atoms with van der Waals surface area (Å²) in [7, 11) is 0. The van der Waals surface area contributed by atoms with Crippen molar-refractivity contribution < 1.29 is 13.6 Å². The van der Waals surface area contributed by atoms with E-state index in [1.54, 1.807) is 6.33 Å². The number of hydrogen-bond acceptors (Lipinski definition) is 3. The fourth-order valence-electron chi connectivity index (χ4n) is 3.15. The lowest BCUT2D eigenvalue weighted by Crippen LogP contribution is -2.40. The van der Waals surface area contributed by atoms with Gasteiger partial charge in [-0.25, -0.2) is 13.8 Å². The standard InChI is InChI=1S/C19H18F2N4O.ClH/c20-19(21)9-16(23-11-19)18(26)22-10-13-5-7-14(8-6-13)25-12-24-15-3-1-2-4-17(15)25;/h1-8,12,16,23H,9-11H2,(H,22,26);1H. The average molecular weight is 393 g/mol. The molecule has 0 saturated carbocycles. The summed E-state index contributed by atoms with van der Waals surface area (Å²) >= 11 is 0. The van der Waals surface area contributed by atoms with Crippen LogP contribution < -0.4 is 10.6 Å². The molecule has 1 unspecified atom stereocenters. The van der Waals surface area contributed by atoms with Crippen molar-refractivity contribution in [1.82, 2.24) is 20.2 Å². The van der Waals surface area contributed by atoms with Crippen LogP contribution >= 0.6 is 12.4 Å². The average Bonchev–Trinajstić information content (AvgIpc) is 3.23. The number of carbonyl (C=O) groups is 1. The zero-order valence-corrected chi connectivity index (χ0v) is 15.2. The Labute approximate surface area is 161 Å². The van der Waals surface area contributed by atoms with Gasteiger partial charge in [-0.3, -0.25) is 14.7 Å². The topological polar surface area (TPSA) is 59.0 Å². The minimum atomic E-state index is -2.81. The van der Waals surface area contributed by atoms with E-state index in [0.717, 1.165) is 22.3 Å². The van der Waals surface area contributed by atoms with Crippen LogP contribution in [0, 0.1) is 0 Å². The molecule has 1 amide bonds. The number of alkyl halides is 2. The lowest BCUT2D eigenvalue weighted by Gasteiger charge is -2.12. The number of halogens is 3. The number of benzene rings is 2. The molecule has 4 rings (SSSR count). The van der Waals surface area contributed by atoms with E-state index in [0.29, 0.717) is 6.54 Å². The molecular formula is C19H19ClF2N4O. The van der Waals surface area contributed by atoms with Gasteiger partial charge in [0.2, 0.25) is 5.91 Å². The molecule has 27 heavy (non-hydrogen) atoms. The Morgan fingerprint density at radius 3 is 2.67 bits per heavy atom. The van der Waals surface area contributed by atoms with Gasteiger partial charge in [0.05, 0.1) is 23.6 Å². The quantitative estimate of drug-likeness (QED) is 0.717. The van der Waals surface area contributed by atoms with E-state index in [2.05, 4.69) is 15.6 Å². The van der Waals surface area contributed by atoms with Crippen LogP contribution in [0.15, 0.2) is 54.9 Å². The predicted octanol–water partition coefficient (Wildman–Crippen LogP) is 3.06. The molecule has 142 valence electrons. The van der Waals surface area contributed by atoms with E-state index in [-0.39, 0.29) is 12.4 Å². The molecule has 1 saturated heterocycles. The number of carbonyl (C=O) groups excluding carboxylic acids is 1. The second-order valence-corrected chi connectivity index (χ2v) is 6.48. The summed E-state index contributed by atoms with van der Waals surface area (Å²) in [6.07, 6.45) is 1.32. The van der Waals surface area contributed by atoms with Gasteiger partial charge in [0.15, 0.2) is 0 Å². The fourth-order valence-corrected chi connectivity index (χ4v) is 3.15. The van der Waals surface area contributed by atoms with Crippen LogP contribution in [0.3, 0.4) is 0 Å². The number of rotatable bonds is 4. The van der Waals surface area contributed by atoms with Crippen molar-refractivity contribution in [2.75, 3.05) is 6.54 Å². The Morgan fingerprint density at radius 1 is 1.22 bits per heavy atom. The molecule has 0 radical (unpaired) electrons.